The van der Waals surface area contributed by atoms with Gasteiger partial charge in [0, 0.05) is 12.0 Å². The van der Waals surface area contributed by atoms with Gasteiger partial charge in [-0.3, -0.25) is 19.3 Å². The maximum Gasteiger partial charge on any atom is 0.261 e. The van der Waals surface area contributed by atoms with Crippen LogP contribution in [0.25, 0.3) is 0 Å². The molecule has 1 aromatic carbocycles. The van der Waals surface area contributed by atoms with Crippen molar-refractivity contribution in [2.75, 3.05) is 0 Å². The van der Waals surface area contributed by atoms with Gasteiger partial charge in [-0.15, -0.1) is 0 Å². The maximum atomic E-state index is 12.5. The van der Waals surface area contributed by atoms with Gasteiger partial charge in [0.05, 0.1) is 12.5 Å². The zero-order valence-electron chi connectivity index (χ0n) is 12.6. The molecule has 1 unspecified atom stereocenters. The number of amides is 3. The van der Waals surface area contributed by atoms with Gasteiger partial charge >= 0.3 is 0 Å². The topological polar surface area (TPSA) is 66.5 Å². The Kier molecular flexibility index (Phi) is 5.03. The van der Waals surface area contributed by atoms with Crippen molar-refractivity contribution in [1.29, 1.82) is 0 Å². The quantitative estimate of drug-likeness (QED) is 0.634. The lowest BCUT2D eigenvalue weighted by Crippen LogP contribution is -2.57. The summed E-state index contributed by atoms with van der Waals surface area (Å²) in [4.78, 5) is 37.4. The highest BCUT2D eigenvalue weighted by Gasteiger charge is 2.39. The van der Waals surface area contributed by atoms with Crippen molar-refractivity contribution in [1.82, 2.24) is 10.2 Å². The van der Waals surface area contributed by atoms with Crippen molar-refractivity contribution < 1.29 is 14.4 Å². The molecule has 3 rings (SSSR count). The fourth-order valence-corrected chi connectivity index (χ4v) is 2.96. The summed E-state index contributed by atoms with van der Waals surface area (Å²) in [6, 6.07) is 6.55. The molecule has 1 saturated heterocycles. The van der Waals surface area contributed by atoms with Crippen LogP contribution in [0.4, 0.5) is 0 Å². The van der Waals surface area contributed by atoms with E-state index in [2.05, 4.69) is 5.32 Å². The molecule has 1 aromatic rings. The molecule has 116 valence electrons. The van der Waals surface area contributed by atoms with Crippen LogP contribution in [0.1, 0.15) is 42.6 Å². The Labute approximate surface area is 134 Å². The Balaban J connectivity index is 0.000000847. The number of carbonyl (C=O) groups is 3. The van der Waals surface area contributed by atoms with Crippen LogP contribution in [-0.4, -0.2) is 33.7 Å². The second-order valence-corrected chi connectivity index (χ2v) is 5.31. The zero-order chi connectivity index (χ0) is 16.3. The van der Waals surface area contributed by atoms with Gasteiger partial charge in [0.1, 0.15) is 4.99 Å². The van der Waals surface area contributed by atoms with Gasteiger partial charge in [-0.25, -0.2) is 0 Å². The molecule has 0 bridgehead atoms. The normalized spacial score (nSPS) is 20.8. The lowest BCUT2D eigenvalue weighted by molar-refractivity contribution is -0.130. The molecule has 2 aliphatic rings. The summed E-state index contributed by atoms with van der Waals surface area (Å²) >= 11 is 5.11. The third kappa shape index (κ3) is 2.92. The first-order valence-corrected chi connectivity index (χ1v) is 7.77. The number of hydrogen-bond acceptors (Lipinski definition) is 4. The molecule has 0 radical (unpaired) electrons. The second kappa shape index (κ2) is 6.79. The van der Waals surface area contributed by atoms with E-state index in [0.29, 0.717) is 12.0 Å². The van der Waals surface area contributed by atoms with Crippen LogP contribution in [0, 0.1) is 0 Å². The van der Waals surface area contributed by atoms with Crippen LogP contribution in [0.3, 0.4) is 0 Å². The lowest BCUT2D eigenvalue weighted by atomic mass is 9.95. The number of thiocarbonyl (C=S) groups is 1. The monoisotopic (exact) mass is 318 g/mol. The number of hydrogen-bond donors (Lipinski definition) is 1. The van der Waals surface area contributed by atoms with Crippen molar-refractivity contribution in [2.24, 2.45) is 0 Å². The van der Waals surface area contributed by atoms with Gasteiger partial charge in [0.2, 0.25) is 11.8 Å². The third-order valence-corrected chi connectivity index (χ3v) is 3.97. The summed E-state index contributed by atoms with van der Waals surface area (Å²) in [6.45, 7) is 4.00. The number of carbonyl (C=O) groups excluding carboxylic acids is 3. The molecule has 5 nitrogen and oxygen atoms in total. The van der Waals surface area contributed by atoms with E-state index in [9.17, 15) is 14.4 Å². The highest BCUT2D eigenvalue weighted by Crippen LogP contribution is 2.24. The van der Waals surface area contributed by atoms with Gasteiger partial charge in [0.15, 0.2) is 0 Å². The van der Waals surface area contributed by atoms with Crippen molar-refractivity contribution in [3.05, 3.63) is 35.4 Å². The Bertz CT molecular complexity index is 642. The summed E-state index contributed by atoms with van der Waals surface area (Å²) in [6.07, 6.45) is 0.850. The van der Waals surface area contributed by atoms with Crippen molar-refractivity contribution in [3.63, 3.8) is 0 Å². The summed E-state index contributed by atoms with van der Waals surface area (Å²) in [7, 11) is 0. The van der Waals surface area contributed by atoms with E-state index in [4.69, 9.17) is 12.2 Å². The number of benzene rings is 1. The molecule has 1 N–H and O–H groups in total. The Morgan fingerprint density at radius 2 is 1.86 bits per heavy atom. The molecule has 2 aliphatic heterocycles. The lowest BCUT2D eigenvalue weighted by Gasteiger charge is -2.36. The van der Waals surface area contributed by atoms with Crippen LogP contribution in [0.2, 0.25) is 0 Å². The van der Waals surface area contributed by atoms with E-state index in [0.717, 1.165) is 5.56 Å². The molecule has 3 amide bonds. The first-order chi connectivity index (χ1) is 10.6. The van der Waals surface area contributed by atoms with E-state index in [1.807, 2.05) is 13.8 Å². The molecule has 0 spiro atoms. The predicted octanol–water partition coefficient (Wildman–Crippen LogP) is 1.84. The van der Waals surface area contributed by atoms with Gasteiger partial charge in [0.25, 0.3) is 5.91 Å². The average molecular weight is 318 g/mol. The van der Waals surface area contributed by atoms with Crippen molar-refractivity contribution in [3.8, 4) is 0 Å². The number of nitrogens with one attached hydrogen (secondary N) is 1. The molecule has 0 aromatic heterocycles. The molecular weight excluding hydrogens is 300 g/mol. The van der Waals surface area contributed by atoms with E-state index in [-0.39, 0.29) is 35.6 Å². The number of piperidine rings is 1. The predicted molar refractivity (Wildman–Crippen MR) is 86.4 cm³/mol. The maximum absolute atomic E-state index is 12.5. The molecule has 1 fully saturated rings. The third-order valence-electron chi connectivity index (χ3n) is 3.60. The number of nitrogens with zero attached hydrogens (tertiary/aromatic N) is 1. The van der Waals surface area contributed by atoms with E-state index < -0.39 is 6.04 Å². The smallest absolute Gasteiger partial charge is 0.261 e. The first kappa shape index (κ1) is 16.3. The summed E-state index contributed by atoms with van der Waals surface area (Å²) in [5.41, 5.74) is 1.27. The van der Waals surface area contributed by atoms with E-state index >= 15 is 0 Å². The van der Waals surface area contributed by atoms with Gasteiger partial charge < -0.3 is 5.32 Å². The fourth-order valence-electron chi connectivity index (χ4n) is 2.62. The Hall–Kier alpha value is -2.08. The summed E-state index contributed by atoms with van der Waals surface area (Å²) < 4.78 is 0. The minimum Gasteiger partial charge on any atom is -0.319 e. The van der Waals surface area contributed by atoms with E-state index in [1.165, 1.54) is 4.90 Å². The average Bonchev–Trinajstić information content (AvgIpc) is 2.51. The fraction of sp³-hybridized carbons (Fsp3) is 0.375. The largest absolute Gasteiger partial charge is 0.319 e. The van der Waals surface area contributed by atoms with Crippen LogP contribution < -0.4 is 5.32 Å². The summed E-state index contributed by atoms with van der Waals surface area (Å²) in [5.74, 6) is -0.763. The Morgan fingerprint density at radius 3 is 2.55 bits per heavy atom. The van der Waals surface area contributed by atoms with Crippen LogP contribution >= 0.6 is 12.2 Å². The zero-order valence-corrected chi connectivity index (χ0v) is 13.4. The van der Waals surface area contributed by atoms with Crippen LogP contribution in [-0.2, 0) is 16.0 Å². The van der Waals surface area contributed by atoms with Crippen LogP contribution in [0.5, 0.6) is 0 Å². The Morgan fingerprint density at radius 1 is 1.18 bits per heavy atom. The highest BCUT2D eigenvalue weighted by molar-refractivity contribution is 7.80. The number of imide groups is 1. The van der Waals surface area contributed by atoms with Crippen molar-refractivity contribution >= 4 is 34.9 Å². The summed E-state index contributed by atoms with van der Waals surface area (Å²) in [5, 5.41) is 2.54. The van der Waals surface area contributed by atoms with E-state index in [1.54, 1.807) is 24.3 Å². The highest BCUT2D eigenvalue weighted by atomic mass is 32.1. The van der Waals surface area contributed by atoms with Crippen LogP contribution in [0.15, 0.2) is 24.3 Å². The molecule has 22 heavy (non-hydrogen) atoms. The SMILES string of the molecule is CC.O=C1CCC(N2C(=O)Cc3ccccc3C2=O)C(=S)N1. The standard InChI is InChI=1S/C14H12N2O3S.C2H6/c17-11-6-5-10(13(20)15-11)16-12(18)7-8-3-1-2-4-9(8)14(16)19;1-2/h1-4,10H,5-7H2,(H,15,17,20);1-2H3. The second-order valence-electron chi connectivity index (χ2n) is 4.87. The van der Waals surface area contributed by atoms with Gasteiger partial charge in [-0.1, -0.05) is 44.3 Å². The molecule has 0 aliphatic carbocycles. The molecule has 2 heterocycles. The van der Waals surface area contributed by atoms with Gasteiger partial charge in [-0.05, 0) is 18.1 Å². The number of fused-ring (bicyclic) bond motifs is 1. The molecule has 0 saturated carbocycles. The minimum absolute atomic E-state index is 0.163. The minimum atomic E-state index is -0.518. The molecular formula is C16H18N2O3S. The molecule has 6 heteroatoms. The van der Waals surface area contributed by atoms with Gasteiger partial charge in [-0.2, -0.15) is 0 Å². The van der Waals surface area contributed by atoms with Crippen molar-refractivity contribution in [2.45, 2.75) is 39.2 Å². The molecule has 1 atom stereocenters. The first-order valence-electron chi connectivity index (χ1n) is 7.36. The number of rotatable bonds is 1.